The van der Waals surface area contributed by atoms with Crippen molar-refractivity contribution in [1.82, 2.24) is 9.97 Å². The highest BCUT2D eigenvalue weighted by atomic mass is 32.1. The summed E-state index contributed by atoms with van der Waals surface area (Å²) in [5.74, 6) is 0.926. The van der Waals surface area contributed by atoms with E-state index >= 15 is 0 Å². The van der Waals surface area contributed by atoms with Crippen molar-refractivity contribution < 1.29 is 0 Å². The van der Waals surface area contributed by atoms with Gasteiger partial charge in [-0.1, -0.05) is 56.8 Å². The Balaban J connectivity index is 2.63. The molecule has 1 aromatic heterocycles. The van der Waals surface area contributed by atoms with Gasteiger partial charge in [-0.2, -0.15) is 0 Å². The number of nitrogens with one attached hydrogen (secondary N) is 1. The normalized spacial score (nSPS) is 11.6. The number of hydrogen-bond acceptors (Lipinski definition) is 2. The quantitative estimate of drug-likeness (QED) is 0.761. The van der Waals surface area contributed by atoms with Crippen LogP contribution in [0.4, 0.5) is 0 Å². The van der Waals surface area contributed by atoms with Gasteiger partial charge < -0.3 is 4.98 Å². The molecule has 1 aromatic carbocycles. The fraction of sp³-hybridized carbons (Fsp3) is 0.375. The molecule has 100 valence electrons. The lowest BCUT2D eigenvalue weighted by Crippen LogP contribution is -2.16. The molecule has 0 saturated carbocycles. The zero-order chi connectivity index (χ0) is 14.2. The van der Waals surface area contributed by atoms with E-state index in [1.165, 1.54) is 16.7 Å². The number of rotatable bonds is 1. The molecule has 0 unspecified atom stereocenters. The van der Waals surface area contributed by atoms with Gasteiger partial charge in [-0.05, 0) is 25.5 Å². The van der Waals surface area contributed by atoms with Crippen LogP contribution in [-0.2, 0) is 5.41 Å². The van der Waals surface area contributed by atoms with Crippen molar-refractivity contribution in [3.63, 3.8) is 0 Å². The molecular weight excluding hydrogens is 252 g/mol. The maximum absolute atomic E-state index is 5.29. The first kappa shape index (κ1) is 13.9. The van der Waals surface area contributed by atoms with Gasteiger partial charge in [0.2, 0.25) is 0 Å². The summed E-state index contributed by atoms with van der Waals surface area (Å²) in [5, 5.41) is 0. The summed E-state index contributed by atoms with van der Waals surface area (Å²) in [6.45, 7) is 10.6. The highest BCUT2D eigenvalue weighted by Crippen LogP contribution is 2.25. The first-order chi connectivity index (χ1) is 8.77. The maximum atomic E-state index is 5.29. The second-order valence-electron chi connectivity index (χ2n) is 6.05. The first-order valence-corrected chi connectivity index (χ1v) is 6.87. The number of aryl methyl sites for hydroxylation is 2. The van der Waals surface area contributed by atoms with Crippen molar-refractivity contribution in [2.75, 3.05) is 0 Å². The Morgan fingerprint density at radius 2 is 1.79 bits per heavy atom. The lowest BCUT2D eigenvalue weighted by Gasteiger charge is -2.19. The van der Waals surface area contributed by atoms with E-state index in [-0.39, 0.29) is 5.41 Å². The smallest absolute Gasteiger partial charge is 0.130 e. The zero-order valence-electron chi connectivity index (χ0n) is 12.2. The van der Waals surface area contributed by atoms with E-state index in [9.17, 15) is 0 Å². The summed E-state index contributed by atoms with van der Waals surface area (Å²) in [6.07, 6.45) is 0. The second kappa shape index (κ2) is 4.89. The topological polar surface area (TPSA) is 28.7 Å². The molecule has 0 fully saturated rings. The standard InChI is InChI=1S/C16H20N2S/c1-10-6-7-12(11(2)8-10)13-9-14(19)18-15(17-13)16(3,4)5/h6-9H,1-5H3,(H,17,18,19). The molecule has 0 aliphatic rings. The second-order valence-corrected chi connectivity index (χ2v) is 6.47. The molecule has 0 aliphatic carbocycles. The Morgan fingerprint density at radius 3 is 2.37 bits per heavy atom. The fourth-order valence-electron chi connectivity index (χ4n) is 2.07. The molecule has 2 aromatic rings. The van der Waals surface area contributed by atoms with Crippen molar-refractivity contribution in [2.45, 2.75) is 40.0 Å². The van der Waals surface area contributed by atoms with Gasteiger partial charge in [0.1, 0.15) is 10.5 Å². The van der Waals surface area contributed by atoms with Crippen LogP contribution in [0.1, 0.15) is 37.7 Å². The third kappa shape index (κ3) is 3.10. The molecule has 1 heterocycles. The number of hydrogen-bond donors (Lipinski definition) is 1. The van der Waals surface area contributed by atoms with Gasteiger partial charge in [0.25, 0.3) is 0 Å². The predicted octanol–water partition coefficient (Wildman–Crippen LogP) is 4.72. The Kier molecular flexibility index (Phi) is 3.59. The highest BCUT2D eigenvalue weighted by molar-refractivity contribution is 7.71. The van der Waals surface area contributed by atoms with Crippen molar-refractivity contribution in [3.05, 3.63) is 45.9 Å². The highest BCUT2D eigenvalue weighted by Gasteiger charge is 2.17. The molecule has 0 spiro atoms. The van der Waals surface area contributed by atoms with E-state index < -0.39 is 0 Å². The van der Waals surface area contributed by atoms with Crippen LogP contribution in [0.25, 0.3) is 11.3 Å². The van der Waals surface area contributed by atoms with Gasteiger partial charge in [0, 0.05) is 16.7 Å². The molecule has 0 saturated heterocycles. The predicted molar refractivity (Wildman–Crippen MR) is 83.0 cm³/mol. The van der Waals surface area contributed by atoms with Crippen LogP contribution in [-0.4, -0.2) is 9.97 Å². The maximum Gasteiger partial charge on any atom is 0.130 e. The molecule has 19 heavy (non-hydrogen) atoms. The van der Waals surface area contributed by atoms with Crippen LogP contribution in [0.3, 0.4) is 0 Å². The minimum Gasteiger partial charge on any atom is -0.343 e. The van der Waals surface area contributed by atoms with Gasteiger partial charge in [0.15, 0.2) is 0 Å². The van der Waals surface area contributed by atoms with Crippen LogP contribution in [0.15, 0.2) is 24.3 Å². The van der Waals surface area contributed by atoms with Gasteiger partial charge >= 0.3 is 0 Å². The number of H-pyrrole nitrogens is 1. The summed E-state index contributed by atoms with van der Waals surface area (Å²) in [4.78, 5) is 7.86. The molecule has 0 atom stereocenters. The number of aromatic nitrogens is 2. The molecule has 2 rings (SSSR count). The molecule has 2 nitrogen and oxygen atoms in total. The van der Waals surface area contributed by atoms with Gasteiger partial charge in [-0.3, -0.25) is 0 Å². The molecule has 1 N–H and O–H groups in total. The summed E-state index contributed by atoms with van der Waals surface area (Å²) >= 11 is 5.29. The minimum absolute atomic E-state index is 0.0395. The third-order valence-corrected chi connectivity index (χ3v) is 3.33. The van der Waals surface area contributed by atoms with Crippen LogP contribution < -0.4 is 0 Å². The summed E-state index contributed by atoms with van der Waals surface area (Å²) in [5.41, 5.74) is 4.70. The summed E-state index contributed by atoms with van der Waals surface area (Å²) < 4.78 is 0.638. The molecule has 0 aliphatic heterocycles. The Morgan fingerprint density at radius 1 is 1.11 bits per heavy atom. The van der Waals surface area contributed by atoms with Crippen LogP contribution in [0.5, 0.6) is 0 Å². The first-order valence-electron chi connectivity index (χ1n) is 6.47. The minimum atomic E-state index is -0.0395. The van der Waals surface area contributed by atoms with E-state index in [1.54, 1.807) is 0 Å². The lowest BCUT2D eigenvalue weighted by molar-refractivity contribution is 0.545. The average molecular weight is 272 g/mol. The number of benzene rings is 1. The van der Waals surface area contributed by atoms with Crippen molar-refractivity contribution in [1.29, 1.82) is 0 Å². The molecule has 0 amide bonds. The molecular formula is C16H20N2S. The van der Waals surface area contributed by atoms with E-state index in [2.05, 4.69) is 62.8 Å². The Labute approximate surface area is 119 Å². The van der Waals surface area contributed by atoms with Gasteiger partial charge in [-0.15, -0.1) is 0 Å². The van der Waals surface area contributed by atoms with Crippen molar-refractivity contribution in [2.24, 2.45) is 0 Å². The van der Waals surface area contributed by atoms with Crippen LogP contribution >= 0.6 is 12.2 Å². The van der Waals surface area contributed by atoms with Crippen molar-refractivity contribution >= 4 is 12.2 Å². The van der Waals surface area contributed by atoms with Crippen molar-refractivity contribution in [3.8, 4) is 11.3 Å². The summed E-state index contributed by atoms with van der Waals surface area (Å²) in [7, 11) is 0. The lowest BCUT2D eigenvalue weighted by atomic mass is 9.95. The van der Waals surface area contributed by atoms with Crippen LogP contribution in [0.2, 0.25) is 0 Å². The average Bonchev–Trinajstić information content (AvgIpc) is 2.26. The summed E-state index contributed by atoms with van der Waals surface area (Å²) in [6, 6.07) is 8.37. The van der Waals surface area contributed by atoms with E-state index in [1.807, 2.05) is 6.07 Å². The van der Waals surface area contributed by atoms with Gasteiger partial charge in [-0.25, -0.2) is 4.98 Å². The van der Waals surface area contributed by atoms with Gasteiger partial charge in [0.05, 0.1) is 0 Å². The SMILES string of the molecule is Cc1ccc(-c2cc(=S)nc(C(C)(C)C)[nH]2)c(C)c1. The third-order valence-electron chi connectivity index (χ3n) is 3.13. The van der Waals surface area contributed by atoms with Crippen LogP contribution in [0, 0.1) is 18.5 Å². The number of aromatic amines is 1. The molecule has 3 heteroatoms. The largest absolute Gasteiger partial charge is 0.343 e. The van der Waals surface area contributed by atoms with E-state index in [0.717, 1.165) is 11.5 Å². The molecule has 0 radical (unpaired) electrons. The number of nitrogens with zero attached hydrogens (tertiary/aromatic N) is 1. The Hall–Kier alpha value is -1.48. The Bertz CT molecular complexity index is 663. The zero-order valence-corrected chi connectivity index (χ0v) is 13.0. The van der Waals surface area contributed by atoms with E-state index in [4.69, 9.17) is 12.2 Å². The monoisotopic (exact) mass is 272 g/mol. The molecule has 0 bridgehead atoms. The fourth-order valence-corrected chi connectivity index (χ4v) is 2.28. The van der Waals surface area contributed by atoms with E-state index in [0.29, 0.717) is 4.64 Å².